The molecule has 1 atom stereocenters. The molecule has 5 nitrogen and oxygen atoms in total. The second kappa shape index (κ2) is 8.13. The van der Waals surface area contributed by atoms with Crippen LogP contribution in [-0.4, -0.2) is 59.1 Å². The molecule has 0 N–H and O–H groups in total. The van der Waals surface area contributed by atoms with Gasteiger partial charge >= 0.3 is 0 Å². The number of ether oxygens (including phenoxy) is 1. The van der Waals surface area contributed by atoms with E-state index >= 15 is 0 Å². The molecule has 6 heteroatoms. The summed E-state index contributed by atoms with van der Waals surface area (Å²) < 4.78 is 5.18. The molecule has 0 saturated carbocycles. The maximum absolute atomic E-state index is 13.1. The van der Waals surface area contributed by atoms with Crippen LogP contribution in [0.25, 0.3) is 0 Å². The number of amides is 2. The van der Waals surface area contributed by atoms with Crippen molar-refractivity contribution in [3.8, 4) is 5.75 Å². The lowest BCUT2D eigenvalue weighted by atomic mass is 9.91. The third-order valence-corrected chi connectivity index (χ3v) is 5.92. The fourth-order valence-electron chi connectivity index (χ4n) is 3.34. The second-order valence-corrected chi connectivity index (χ2v) is 10.1. The zero-order valence-corrected chi connectivity index (χ0v) is 18.4. The van der Waals surface area contributed by atoms with E-state index in [9.17, 15) is 9.59 Å². The number of nitrogens with zero attached hydrogens (tertiary/aromatic N) is 2. The van der Waals surface area contributed by atoms with E-state index < -0.39 is 5.41 Å². The first-order valence-corrected chi connectivity index (χ1v) is 10.3. The van der Waals surface area contributed by atoms with Crippen LogP contribution < -0.4 is 4.74 Å². The van der Waals surface area contributed by atoms with E-state index in [0.29, 0.717) is 19.6 Å². The van der Waals surface area contributed by atoms with E-state index in [4.69, 9.17) is 4.74 Å². The van der Waals surface area contributed by atoms with Crippen molar-refractivity contribution in [3.05, 3.63) is 24.3 Å². The molecule has 1 fully saturated rings. The number of hydrogen-bond acceptors (Lipinski definition) is 4. The first-order chi connectivity index (χ1) is 12.5. The van der Waals surface area contributed by atoms with Gasteiger partial charge in [-0.3, -0.25) is 9.59 Å². The number of piperazine rings is 1. The van der Waals surface area contributed by atoms with Crippen LogP contribution in [0.5, 0.6) is 5.75 Å². The Morgan fingerprint density at radius 3 is 2.22 bits per heavy atom. The van der Waals surface area contributed by atoms with Crippen LogP contribution in [0.3, 0.4) is 0 Å². The summed E-state index contributed by atoms with van der Waals surface area (Å²) in [4.78, 5) is 30.6. The SMILES string of the molecule is COc1ccc(SC(C)C(=O)N2CCN(C(=O)C(C)(C)C)CC2(C)C)cc1. The Morgan fingerprint density at radius 1 is 1.15 bits per heavy atom. The largest absolute Gasteiger partial charge is 0.497 e. The first kappa shape index (κ1) is 21.6. The molecule has 1 aliphatic rings. The average molecular weight is 393 g/mol. The van der Waals surface area contributed by atoms with Crippen LogP contribution in [0.2, 0.25) is 0 Å². The lowest BCUT2D eigenvalue weighted by Crippen LogP contribution is -2.64. The van der Waals surface area contributed by atoms with Gasteiger partial charge in [-0.25, -0.2) is 0 Å². The Kier molecular flexibility index (Phi) is 6.51. The highest BCUT2D eigenvalue weighted by molar-refractivity contribution is 8.00. The van der Waals surface area contributed by atoms with E-state index in [2.05, 4.69) is 0 Å². The minimum absolute atomic E-state index is 0.115. The van der Waals surface area contributed by atoms with Crippen molar-refractivity contribution in [2.75, 3.05) is 26.7 Å². The second-order valence-electron chi connectivity index (χ2n) is 8.71. The molecule has 27 heavy (non-hydrogen) atoms. The Morgan fingerprint density at radius 2 is 1.74 bits per heavy atom. The number of benzene rings is 1. The fourth-order valence-corrected chi connectivity index (χ4v) is 4.27. The molecular weight excluding hydrogens is 360 g/mol. The van der Waals surface area contributed by atoms with Crippen molar-refractivity contribution in [2.45, 2.75) is 57.2 Å². The third-order valence-electron chi connectivity index (χ3n) is 4.82. The molecule has 150 valence electrons. The van der Waals surface area contributed by atoms with Crippen LogP contribution in [-0.2, 0) is 9.59 Å². The molecule has 0 aromatic heterocycles. The molecule has 2 rings (SSSR count). The molecular formula is C21H32N2O3S. The normalized spacial score (nSPS) is 18.2. The number of hydrogen-bond donors (Lipinski definition) is 0. The molecule has 1 aliphatic heterocycles. The predicted octanol–water partition coefficient (Wildman–Crippen LogP) is 3.67. The molecule has 1 saturated heterocycles. The number of carbonyl (C=O) groups excluding carboxylic acids is 2. The van der Waals surface area contributed by atoms with Crippen molar-refractivity contribution in [1.82, 2.24) is 9.80 Å². The monoisotopic (exact) mass is 392 g/mol. The number of rotatable bonds is 4. The van der Waals surface area contributed by atoms with Gasteiger partial charge in [-0.15, -0.1) is 11.8 Å². The van der Waals surface area contributed by atoms with Gasteiger partial charge in [-0.1, -0.05) is 20.8 Å². The summed E-state index contributed by atoms with van der Waals surface area (Å²) in [6, 6.07) is 7.75. The summed E-state index contributed by atoms with van der Waals surface area (Å²) in [6.45, 7) is 13.6. The van der Waals surface area contributed by atoms with E-state index in [-0.39, 0.29) is 22.6 Å². The fraction of sp³-hybridized carbons (Fsp3) is 0.619. The highest BCUT2D eigenvalue weighted by atomic mass is 32.2. The minimum Gasteiger partial charge on any atom is -0.497 e. The minimum atomic E-state index is -0.403. The molecule has 0 spiro atoms. The summed E-state index contributed by atoms with van der Waals surface area (Å²) in [7, 11) is 1.64. The van der Waals surface area contributed by atoms with E-state index in [1.807, 2.05) is 75.6 Å². The standard InChI is InChI=1S/C21H32N2O3S/c1-15(27-17-10-8-16(26-7)9-11-17)18(24)23-13-12-22(14-21(23,5)6)19(25)20(2,3)4/h8-11,15H,12-14H2,1-7H3. The highest BCUT2D eigenvalue weighted by Crippen LogP contribution is 2.31. The smallest absolute Gasteiger partial charge is 0.236 e. The summed E-state index contributed by atoms with van der Waals surface area (Å²) >= 11 is 1.55. The molecule has 1 unspecified atom stereocenters. The van der Waals surface area contributed by atoms with Crippen molar-refractivity contribution >= 4 is 23.6 Å². The lowest BCUT2D eigenvalue weighted by Gasteiger charge is -2.49. The van der Waals surface area contributed by atoms with Gasteiger partial charge in [0.15, 0.2) is 0 Å². The first-order valence-electron chi connectivity index (χ1n) is 9.37. The van der Waals surface area contributed by atoms with Crippen molar-refractivity contribution in [3.63, 3.8) is 0 Å². The van der Waals surface area contributed by atoms with Gasteiger partial charge in [0.25, 0.3) is 0 Å². The van der Waals surface area contributed by atoms with E-state index in [1.165, 1.54) is 0 Å². The van der Waals surface area contributed by atoms with Crippen LogP contribution in [0.1, 0.15) is 41.5 Å². The van der Waals surface area contributed by atoms with Crippen molar-refractivity contribution < 1.29 is 14.3 Å². The van der Waals surface area contributed by atoms with Crippen molar-refractivity contribution in [1.29, 1.82) is 0 Å². The molecule has 0 bridgehead atoms. The summed E-state index contributed by atoms with van der Waals surface area (Å²) in [5, 5.41) is -0.192. The maximum Gasteiger partial charge on any atom is 0.236 e. The van der Waals surface area contributed by atoms with Crippen LogP contribution >= 0.6 is 11.8 Å². The highest BCUT2D eigenvalue weighted by Gasteiger charge is 2.41. The van der Waals surface area contributed by atoms with E-state index in [0.717, 1.165) is 10.6 Å². The van der Waals surface area contributed by atoms with Gasteiger partial charge in [-0.05, 0) is 45.0 Å². The van der Waals surface area contributed by atoms with Crippen LogP contribution in [0.4, 0.5) is 0 Å². The molecule has 0 radical (unpaired) electrons. The molecule has 0 aliphatic carbocycles. The van der Waals surface area contributed by atoms with Gasteiger partial charge in [0.2, 0.25) is 11.8 Å². The molecule has 1 aromatic rings. The quantitative estimate of drug-likeness (QED) is 0.734. The summed E-state index contributed by atoms with van der Waals surface area (Å²) in [5.74, 6) is 1.06. The van der Waals surface area contributed by atoms with E-state index in [1.54, 1.807) is 18.9 Å². The lowest BCUT2D eigenvalue weighted by molar-refractivity contribution is -0.151. The summed E-state index contributed by atoms with van der Waals surface area (Å²) in [6.07, 6.45) is 0. The van der Waals surface area contributed by atoms with Crippen molar-refractivity contribution in [2.24, 2.45) is 5.41 Å². The maximum atomic E-state index is 13.1. The van der Waals surface area contributed by atoms with Gasteiger partial charge in [-0.2, -0.15) is 0 Å². The molecule has 1 heterocycles. The number of carbonyl (C=O) groups is 2. The Bertz CT molecular complexity index is 680. The van der Waals surface area contributed by atoms with Gasteiger partial charge in [0.1, 0.15) is 5.75 Å². The number of thioether (sulfide) groups is 1. The van der Waals surface area contributed by atoms with Gasteiger partial charge in [0.05, 0.1) is 17.9 Å². The Labute approximate surface area is 167 Å². The zero-order valence-electron chi connectivity index (χ0n) is 17.5. The average Bonchev–Trinajstić information content (AvgIpc) is 2.59. The summed E-state index contributed by atoms with van der Waals surface area (Å²) in [5.41, 5.74) is -0.787. The van der Waals surface area contributed by atoms with Crippen LogP contribution in [0, 0.1) is 5.41 Å². The van der Waals surface area contributed by atoms with Gasteiger partial charge < -0.3 is 14.5 Å². The third kappa shape index (κ3) is 5.18. The Hall–Kier alpha value is -1.69. The molecule has 2 amide bonds. The predicted molar refractivity (Wildman–Crippen MR) is 110 cm³/mol. The van der Waals surface area contributed by atoms with Crippen LogP contribution in [0.15, 0.2) is 29.2 Å². The molecule has 1 aromatic carbocycles. The topological polar surface area (TPSA) is 49.9 Å². The number of methoxy groups -OCH3 is 1. The Balaban J connectivity index is 2.04. The van der Waals surface area contributed by atoms with Gasteiger partial charge in [0, 0.05) is 29.9 Å². The zero-order chi connectivity index (χ0) is 20.4.